The highest BCUT2D eigenvalue weighted by Crippen LogP contribution is 2.35. The largest absolute Gasteiger partial charge is 0.513 e. The maximum Gasteiger partial charge on any atom is 0.513 e. The van der Waals surface area contributed by atoms with E-state index in [9.17, 15) is 24.0 Å². The molecule has 0 aromatic heterocycles. The van der Waals surface area contributed by atoms with Gasteiger partial charge in [0.1, 0.15) is 0 Å². The highest BCUT2D eigenvalue weighted by atomic mass is 16.7. The summed E-state index contributed by atoms with van der Waals surface area (Å²) in [6.45, 7) is 3.51. The van der Waals surface area contributed by atoms with E-state index in [1.807, 2.05) is 6.92 Å². The summed E-state index contributed by atoms with van der Waals surface area (Å²) in [5.41, 5.74) is 1.40. The summed E-state index contributed by atoms with van der Waals surface area (Å²) in [7, 11) is 0. The summed E-state index contributed by atoms with van der Waals surface area (Å²) in [6, 6.07) is 8.34. The average molecular weight is 432 g/mol. The van der Waals surface area contributed by atoms with Gasteiger partial charge >= 0.3 is 6.16 Å². The molecule has 0 aliphatic heterocycles. The van der Waals surface area contributed by atoms with Crippen molar-refractivity contribution < 1.29 is 33.4 Å². The first kappa shape index (κ1) is 21.4. The molecule has 0 N–H and O–H groups in total. The minimum absolute atomic E-state index is 0.00417. The van der Waals surface area contributed by atoms with Crippen LogP contribution < -0.4 is 0 Å². The van der Waals surface area contributed by atoms with Crippen molar-refractivity contribution in [1.82, 2.24) is 0 Å². The van der Waals surface area contributed by atoms with Crippen LogP contribution in [0.5, 0.6) is 0 Å². The lowest BCUT2D eigenvalue weighted by molar-refractivity contribution is 0.0695. The zero-order valence-corrected chi connectivity index (χ0v) is 17.7. The molecule has 4 rings (SSSR count). The first-order chi connectivity index (χ1) is 15.4. The van der Waals surface area contributed by atoms with Crippen LogP contribution in [0.4, 0.5) is 4.79 Å². The maximum atomic E-state index is 13.3. The Kier molecular flexibility index (Phi) is 5.57. The minimum atomic E-state index is -1.10. The summed E-state index contributed by atoms with van der Waals surface area (Å²) in [5, 5.41) is 0. The number of ether oxygens (including phenoxy) is 2. The Hall–Kier alpha value is -3.87. The Bertz CT molecular complexity index is 1230. The van der Waals surface area contributed by atoms with Gasteiger partial charge in [-0.05, 0) is 30.5 Å². The van der Waals surface area contributed by atoms with E-state index in [-0.39, 0.29) is 41.1 Å². The van der Waals surface area contributed by atoms with Gasteiger partial charge < -0.3 is 9.47 Å². The Morgan fingerprint density at radius 3 is 2.41 bits per heavy atom. The number of rotatable bonds is 4. The van der Waals surface area contributed by atoms with Gasteiger partial charge in [-0.3, -0.25) is 19.2 Å². The topological polar surface area (TPSA) is 104 Å². The standard InChI is InChI=1S/C25H20O7/c1-3-7-14-10-16-21(17(26)11-13-8-5-6-9-15(13)23(16)28)22-18(27)12-19(24(29)20(14)22)32-25(30)31-4-2/h5-6,8-10,12H,3-4,7,11H2,1-2H3. The van der Waals surface area contributed by atoms with Crippen molar-refractivity contribution in [1.29, 1.82) is 0 Å². The van der Waals surface area contributed by atoms with E-state index in [0.717, 1.165) is 6.08 Å². The third-order valence-corrected chi connectivity index (χ3v) is 5.48. The number of aryl methyl sites for hydroxylation is 1. The molecule has 2 aliphatic carbocycles. The van der Waals surface area contributed by atoms with E-state index in [1.54, 1.807) is 31.2 Å². The molecule has 0 heterocycles. The fourth-order valence-electron chi connectivity index (χ4n) is 4.18. The summed E-state index contributed by atoms with van der Waals surface area (Å²) in [5.74, 6) is -2.60. The molecular formula is C25H20O7. The van der Waals surface area contributed by atoms with Crippen LogP contribution in [0.25, 0.3) is 0 Å². The Morgan fingerprint density at radius 1 is 0.938 bits per heavy atom. The van der Waals surface area contributed by atoms with E-state index in [0.29, 0.717) is 29.5 Å². The molecular weight excluding hydrogens is 412 g/mol. The van der Waals surface area contributed by atoms with E-state index in [2.05, 4.69) is 0 Å². The quantitative estimate of drug-likeness (QED) is 0.672. The molecule has 0 fully saturated rings. The zero-order valence-electron chi connectivity index (χ0n) is 17.7. The number of allylic oxidation sites excluding steroid dienone is 2. The summed E-state index contributed by atoms with van der Waals surface area (Å²) in [4.78, 5) is 64.6. The molecule has 0 unspecified atom stereocenters. The van der Waals surface area contributed by atoms with Gasteiger partial charge in [-0.1, -0.05) is 37.6 Å². The molecule has 0 amide bonds. The second-order valence-corrected chi connectivity index (χ2v) is 7.53. The first-order valence-electron chi connectivity index (χ1n) is 10.4. The van der Waals surface area contributed by atoms with Gasteiger partial charge in [-0.25, -0.2) is 4.79 Å². The van der Waals surface area contributed by atoms with E-state index < -0.39 is 29.3 Å². The predicted octanol–water partition coefficient (Wildman–Crippen LogP) is 4.04. The number of fused-ring (bicyclic) bond motifs is 4. The van der Waals surface area contributed by atoms with E-state index in [1.165, 1.54) is 6.07 Å². The summed E-state index contributed by atoms with van der Waals surface area (Å²) in [6.07, 6.45) is 0.740. The third-order valence-electron chi connectivity index (χ3n) is 5.48. The van der Waals surface area contributed by atoms with Gasteiger partial charge in [0.25, 0.3) is 0 Å². The van der Waals surface area contributed by atoms with E-state index in [4.69, 9.17) is 9.47 Å². The van der Waals surface area contributed by atoms with Crippen LogP contribution in [0.1, 0.15) is 78.4 Å². The summed E-state index contributed by atoms with van der Waals surface area (Å²) < 4.78 is 9.65. The molecule has 0 saturated heterocycles. The van der Waals surface area contributed by atoms with Crippen molar-refractivity contribution in [3.05, 3.63) is 81.1 Å². The zero-order chi connectivity index (χ0) is 23.0. The number of ketones is 4. The molecule has 0 atom stereocenters. The van der Waals surface area contributed by atoms with Gasteiger partial charge in [0.2, 0.25) is 5.78 Å². The monoisotopic (exact) mass is 432 g/mol. The third kappa shape index (κ3) is 3.45. The Morgan fingerprint density at radius 2 is 1.69 bits per heavy atom. The van der Waals surface area contributed by atoms with Gasteiger partial charge in [0.05, 0.1) is 6.61 Å². The van der Waals surface area contributed by atoms with Crippen LogP contribution in [0.3, 0.4) is 0 Å². The second kappa shape index (κ2) is 8.34. The number of carbonyl (C=O) groups is 5. The number of hydrogen-bond donors (Lipinski definition) is 0. The number of carbonyl (C=O) groups excluding carboxylic acids is 5. The van der Waals surface area contributed by atoms with Crippen molar-refractivity contribution in [2.75, 3.05) is 6.61 Å². The molecule has 162 valence electrons. The smallest absolute Gasteiger partial charge is 0.434 e. The molecule has 7 heteroatoms. The van der Waals surface area contributed by atoms with Crippen molar-refractivity contribution in [2.24, 2.45) is 0 Å². The Balaban J connectivity index is 1.94. The van der Waals surface area contributed by atoms with Crippen LogP contribution in [0.15, 0.2) is 42.2 Å². The number of hydrogen-bond acceptors (Lipinski definition) is 7. The molecule has 2 aromatic rings. The first-order valence-corrected chi connectivity index (χ1v) is 10.4. The van der Waals surface area contributed by atoms with Crippen LogP contribution in [-0.4, -0.2) is 35.9 Å². The predicted molar refractivity (Wildman–Crippen MR) is 113 cm³/mol. The van der Waals surface area contributed by atoms with Crippen LogP contribution in [-0.2, 0) is 22.3 Å². The van der Waals surface area contributed by atoms with Crippen molar-refractivity contribution in [3.63, 3.8) is 0 Å². The highest BCUT2D eigenvalue weighted by Gasteiger charge is 2.38. The van der Waals surface area contributed by atoms with Crippen molar-refractivity contribution >= 4 is 29.3 Å². The maximum absolute atomic E-state index is 13.3. The molecule has 0 spiro atoms. The number of Topliss-reactive ketones (excluding diaryl/α,β-unsaturated/α-hetero) is 2. The van der Waals surface area contributed by atoms with Gasteiger partial charge in [0, 0.05) is 40.3 Å². The fraction of sp³-hybridized carbons (Fsp3) is 0.240. The second-order valence-electron chi connectivity index (χ2n) is 7.53. The fourth-order valence-corrected chi connectivity index (χ4v) is 4.18. The van der Waals surface area contributed by atoms with E-state index >= 15 is 0 Å². The van der Waals surface area contributed by atoms with Crippen LogP contribution >= 0.6 is 0 Å². The minimum Gasteiger partial charge on any atom is -0.434 e. The van der Waals surface area contributed by atoms with Gasteiger partial charge in [0.15, 0.2) is 23.1 Å². The van der Waals surface area contributed by atoms with Crippen molar-refractivity contribution in [2.45, 2.75) is 33.1 Å². The lowest BCUT2D eigenvalue weighted by Gasteiger charge is -2.22. The van der Waals surface area contributed by atoms with Crippen LogP contribution in [0, 0.1) is 0 Å². The SMILES string of the molecule is CCCc1cc2c(c3c1C(=O)C(OC(=O)OCC)=CC3=O)C(=O)Cc1ccccc1C2=O. The highest BCUT2D eigenvalue weighted by molar-refractivity contribution is 6.31. The van der Waals surface area contributed by atoms with Crippen LogP contribution in [0.2, 0.25) is 0 Å². The number of benzene rings is 2. The molecule has 7 nitrogen and oxygen atoms in total. The molecule has 0 saturated carbocycles. The normalized spacial score (nSPS) is 14.8. The molecule has 0 radical (unpaired) electrons. The Labute approximate surface area is 184 Å². The van der Waals surface area contributed by atoms with Gasteiger partial charge in [-0.15, -0.1) is 0 Å². The lowest BCUT2D eigenvalue weighted by Crippen LogP contribution is -2.27. The molecule has 32 heavy (non-hydrogen) atoms. The molecule has 2 aromatic carbocycles. The van der Waals surface area contributed by atoms with Crippen molar-refractivity contribution in [3.8, 4) is 0 Å². The van der Waals surface area contributed by atoms with Gasteiger partial charge in [-0.2, -0.15) is 0 Å². The average Bonchev–Trinajstić information content (AvgIpc) is 2.86. The molecule has 0 bridgehead atoms. The summed E-state index contributed by atoms with van der Waals surface area (Å²) >= 11 is 0. The lowest BCUT2D eigenvalue weighted by atomic mass is 9.80. The molecule has 2 aliphatic rings.